The molecule has 1 rings (SSSR count). The van der Waals surface area contributed by atoms with Crippen molar-refractivity contribution in [3.05, 3.63) is 26.7 Å². The van der Waals surface area contributed by atoms with Crippen LogP contribution in [0.25, 0.3) is 0 Å². The third-order valence-electron chi connectivity index (χ3n) is 3.36. The molecule has 0 aliphatic heterocycles. The zero-order valence-electron chi connectivity index (χ0n) is 11.6. The Morgan fingerprint density at radius 2 is 1.83 bits per heavy atom. The van der Waals surface area contributed by atoms with Crippen molar-refractivity contribution in [3.8, 4) is 11.9 Å². The summed E-state index contributed by atoms with van der Waals surface area (Å²) in [6, 6.07) is 0. The Balaban J connectivity index is 3.22. The highest BCUT2D eigenvalue weighted by Crippen LogP contribution is 2.36. The van der Waals surface area contributed by atoms with E-state index < -0.39 is 0 Å². The number of likely N-dealkylation sites (N-methyl/N-ethyl adjacent to an activating group) is 1. The minimum absolute atomic E-state index is 0.697. The van der Waals surface area contributed by atoms with Crippen LogP contribution in [-0.2, 0) is 6.42 Å². The summed E-state index contributed by atoms with van der Waals surface area (Å²) in [7, 11) is 3.49. The minimum atomic E-state index is 0.697. The molecule has 0 aliphatic rings. The predicted octanol–water partition coefficient (Wildman–Crippen LogP) is 3.34. The molecule has 1 aromatic rings. The molecule has 0 bridgehead atoms. The largest absolute Gasteiger partial charge is 0.496 e. The van der Waals surface area contributed by atoms with Crippen molar-refractivity contribution in [2.24, 2.45) is 0 Å². The molecule has 0 fully saturated rings. The van der Waals surface area contributed by atoms with Crippen LogP contribution in [0.2, 0.25) is 0 Å². The van der Waals surface area contributed by atoms with Gasteiger partial charge in [-0.3, -0.25) is 0 Å². The zero-order chi connectivity index (χ0) is 13.9. The van der Waals surface area contributed by atoms with Gasteiger partial charge in [-0.1, -0.05) is 15.9 Å². The fraction of sp³-hybridized carbons (Fsp3) is 0.500. The highest BCUT2D eigenvalue weighted by molar-refractivity contribution is 9.10. The van der Waals surface area contributed by atoms with Crippen LogP contribution in [0.5, 0.6) is 5.75 Å². The van der Waals surface area contributed by atoms with E-state index in [2.05, 4.69) is 42.9 Å². The van der Waals surface area contributed by atoms with Gasteiger partial charge < -0.3 is 9.64 Å². The third-order valence-corrected chi connectivity index (χ3v) is 4.55. The molecular formula is C14H19BrN2O. The fourth-order valence-electron chi connectivity index (χ4n) is 2.05. The van der Waals surface area contributed by atoms with Crippen molar-refractivity contribution in [1.82, 2.24) is 4.90 Å². The normalized spacial score (nSPS) is 10.1. The Hall–Kier alpha value is -1.21. The lowest BCUT2D eigenvalue weighted by molar-refractivity contribution is 0.400. The van der Waals surface area contributed by atoms with Crippen molar-refractivity contribution >= 4 is 15.9 Å². The first-order chi connectivity index (χ1) is 8.43. The Morgan fingerprint density at radius 3 is 2.33 bits per heavy atom. The lowest BCUT2D eigenvalue weighted by Crippen LogP contribution is -2.16. The SMILES string of the molecule is COc1c(C)c(C)c(Br)c(C)c1CCN(C)C#N. The first-order valence-corrected chi connectivity index (χ1v) is 6.66. The zero-order valence-corrected chi connectivity index (χ0v) is 13.2. The number of nitrogens with zero attached hydrogens (tertiary/aromatic N) is 2. The van der Waals surface area contributed by atoms with Gasteiger partial charge in [-0.05, 0) is 43.9 Å². The van der Waals surface area contributed by atoms with Gasteiger partial charge in [0.15, 0.2) is 6.19 Å². The van der Waals surface area contributed by atoms with Crippen molar-refractivity contribution in [1.29, 1.82) is 5.26 Å². The number of hydrogen-bond donors (Lipinski definition) is 0. The van der Waals surface area contributed by atoms with Gasteiger partial charge in [0.05, 0.1) is 7.11 Å². The molecule has 1 aromatic carbocycles. The lowest BCUT2D eigenvalue weighted by atomic mass is 9.97. The second-order valence-electron chi connectivity index (χ2n) is 4.47. The van der Waals surface area contributed by atoms with Crippen LogP contribution in [0.1, 0.15) is 22.3 Å². The molecule has 0 spiro atoms. The van der Waals surface area contributed by atoms with E-state index >= 15 is 0 Å². The molecule has 0 heterocycles. The summed E-state index contributed by atoms with van der Waals surface area (Å²) < 4.78 is 6.67. The number of methoxy groups -OCH3 is 1. The fourth-order valence-corrected chi connectivity index (χ4v) is 2.59. The summed E-state index contributed by atoms with van der Waals surface area (Å²) in [5, 5.41) is 8.80. The summed E-state index contributed by atoms with van der Waals surface area (Å²) in [5.74, 6) is 0.944. The number of ether oxygens (including phenoxy) is 1. The second-order valence-corrected chi connectivity index (χ2v) is 5.27. The van der Waals surface area contributed by atoms with Gasteiger partial charge >= 0.3 is 0 Å². The van der Waals surface area contributed by atoms with E-state index in [1.807, 2.05) is 0 Å². The summed E-state index contributed by atoms with van der Waals surface area (Å²) in [5.41, 5.74) is 4.74. The Morgan fingerprint density at radius 1 is 1.22 bits per heavy atom. The maximum atomic E-state index is 8.80. The number of hydrogen-bond acceptors (Lipinski definition) is 3. The first-order valence-electron chi connectivity index (χ1n) is 5.87. The molecule has 0 radical (unpaired) electrons. The summed E-state index contributed by atoms with van der Waals surface area (Å²) in [4.78, 5) is 1.63. The molecule has 0 saturated heterocycles. The quantitative estimate of drug-likeness (QED) is 0.632. The Bertz CT molecular complexity index is 492. The number of benzene rings is 1. The van der Waals surface area contributed by atoms with Gasteiger partial charge in [-0.2, -0.15) is 5.26 Å². The number of rotatable bonds is 4. The molecule has 18 heavy (non-hydrogen) atoms. The summed E-state index contributed by atoms with van der Waals surface area (Å²) in [6.07, 6.45) is 2.92. The molecule has 0 aromatic heterocycles. The van der Waals surface area contributed by atoms with Crippen LogP contribution < -0.4 is 4.74 Å². The van der Waals surface area contributed by atoms with Crippen LogP contribution in [0.4, 0.5) is 0 Å². The molecule has 98 valence electrons. The monoisotopic (exact) mass is 310 g/mol. The summed E-state index contributed by atoms with van der Waals surface area (Å²) in [6.45, 7) is 6.93. The van der Waals surface area contributed by atoms with Crippen LogP contribution in [-0.4, -0.2) is 25.6 Å². The standard InChI is InChI=1S/C14H19BrN2O/c1-9-10(2)14(18-5)12(11(3)13(9)15)6-7-17(4)8-16/h6-7H2,1-5H3. The van der Waals surface area contributed by atoms with Gasteiger partial charge in [0.25, 0.3) is 0 Å². The number of nitriles is 1. The molecule has 0 saturated carbocycles. The highest BCUT2D eigenvalue weighted by atomic mass is 79.9. The third kappa shape index (κ3) is 2.78. The van der Waals surface area contributed by atoms with Gasteiger partial charge in [0.2, 0.25) is 0 Å². The van der Waals surface area contributed by atoms with E-state index in [-0.39, 0.29) is 0 Å². The molecule has 0 N–H and O–H groups in total. The van der Waals surface area contributed by atoms with Crippen LogP contribution in [0.3, 0.4) is 0 Å². The smallest absolute Gasteiger partial charge is 0.179 e. The molecular weight excluding hydrogens is 292 g/mol. The second kappa shape index (κ2) is 6.10. The van der Waals surface area contributed by atoms with Gasteiger partial charge in [0.1, 0.15) is 5.75 Å². The summed E-state index contributed by atoms with van der Waals surface area (Å²) >= 11 is 3.63. The highest BCUT2D eigenvalue weighted by Gasteiger charge is 2.16. The molecule has 0 atom stereocenters. The molecule has 0 unspecified atom stereocenters. The van der Waals surface area contributed by atoms with Gasteiger partial charge in [0, 0.05) is 23.6 Å². The Labute approximate surface area is 117 Å². The van der Waals surface area contributed by atoms with Crippen molar-refractivity contribution in [2.45, 2.75) is 27.2 Å². The molecule has 3 nitrogen and oxygen atoms in total. The maximum absolute atomic E-state index is 8.80. The predicted molar refractivity (Wildman–Crippen MR) is 76.9 cm³/mol. The van der Waals surface area contributed by atoms with E-state index in [0.29, 0.717) is 6.54 Å². The van der Waals surface area contributed by atoms with E-state index in [4.69, 9.17) is 10.00 Å². The van der Waals surface area contributed by atoms with Crippen LogP contribution >= 0.6 is 15.9 Å². The average Bonchev–Trinajstić information content (AvgIpc) is 2.38. The number of halogens is 1. The van der Waals surface area contributed by atoms with E-state index in [1.54, 1.807) is 19.1 Å². The van der Waals surface area contributed by atoms with E-state index in [9.17, 15) is 0 Å². The van der Waals surface area contributed by atoms with E-state index in [1.165, 1.54) is 16.7 Å². The topological polar surface area (TPSA) is 36.3 Å². The van der Waals surface area contributed by atoms with Gasteiger partial charge in [-0.25, -0.2) is 0 Å². The molecule has 0 amide bonds. The van der Waals surface area contributed by atoms with Crippen LogP contribution in [0, 0.1) is 32.2 Å². The molecule has 0 aliphatic carbocycles. The van der Waals surface area contributed by atoms with Crippen LogP contribution in [0.15, 0.2) is 4.47 Å². The Kier molecular flexibility index (Phi) is 5.03. The van der Waals surface area contributed by atoms with E-state index in [0.717, 1.165) is 22.2 Å². The lowest BCUT2D eigenvalue weighted by Gasteiger charge is -2.19. The van der Waals surface area contributed by atoms with Crippen molar-refractivity contribution < 1.29 is 4.74 Å². The van der Waals surface area contributed by atoms with Crippen molar-refractivity contribution in [2.75, 3.05) is 20.7 Å². The van der Waals surface area contributed by atoms with Gasteiger partial charge in [-0.15, -0.1) is 0 Å². The first kappa shape index (κ1) is 14.8. The minimum Gasteiger partial charge on any atom is -0.496 e. The maximum Gasteiger partial charge on any atom is 0.179 e. The average molecular weight is 311 g/mol. The molecule has 4 heteroatoms. The van der Waals surface area contributed by atoms with Crippen molar-refractivity contribution in [3.63, 3.8) is 0 Å².